The summed E-state index contributed by atoms with van der Waals surface area (Å²) in [5.41, 5.74) is 1.76. The predicted octanol–water partition coefficient (Wildman–Crippen LogP) is 2.32. The maximum atomic E-state index is 10.9. The number of hydrogen-bond donors (Lipinski definition) is 1. The highest BCUT2D eigenvalue weighted by molar-refractivity contribution is 5.78. The molecule has 2 aromatic rings. The molecule has 0 aliphatic heterocycles. The van der Waals surface area contributed by atoms with E-state index in [1.54, 1.807) is 4.57 Å². The van der Waals surface area contributed by atoms with Crippen LogP contribution in [0.15, 0.2) is 24.3 Å². The Hall–Kier alpha value is -1.84. The Balaban J connectivity index is 2.52. The van der Waals surface area contributed by atoms with E-state index in [4.69, 9.17) is 5.11 Å². The van der Waals surface area contributed by atoms with Gasteiger partial charge in [-0.25, -0.2) is 4.98 Å². The van der Waals surface area contributed by atoms with E-state index in [1.165, 1.54) is 0 Å². The SMILES string of the molecule is CC(C)Cc1nc2ccccc2n1CC(=O)O. The van der Waals surface area contributed by atoms with Crippen molar-refractivity contribution >= 4 is 17.0 Å². The summed E-state index contributed by atoms with van der Waals surface area (Å²) in [5.74, 6) is 0.473. The molecule has 2 rings (SSSR count). The molecule has 1 heterocycles. The summed E-state index contributed by atoms with van der Waals surface area (Å²) in [6.45, 7) is 4.18. The molecule has 0 saturated heterocycles. The van der Waals surface area contributed by atoms with Gasteiger partial charge >= 0.3 is 5.97 Å². The Kier molecular flexibility index (Phi) is 3.13. The first-order valence-corrected chi connectivity index (χ1v) is 5.74. The number of fused-ring (bicyclic) bond motifs is 1. The lowest BCUT2D eigenvalue weighted by atomic mass is 10.1. The highest BCUT2D eigenvalue weighted by atomic mass is 16.4. The quantitative estimate of drug-likeness (QED) is 0.880. The lowest BCUT2D eigenvalue weighted by Gasteiger charge is -2.07. The van der Waals surface area contributed by atoms with Crippen molar-refractivity contribution in [3.05, 3.63) is 30.1 Å². The molecule has 0 radical (unpaired) electrons. The number of imidazole rings is 1. The molecule has 0 fully saturated rings. The Labute approximate surface area is 99.9 Å². The standard InChI is InChI=1S/C13H16N2O2/c1-9(2)7-12-14-10-5-3-4-6-11(10)15(12)8-13(16)17/h3-6,9H,7-8H2,1-2H3,(H,16,17). The molecule has 0 amide bonds. The largest absolute Gasteiger partial charge is 0.480 e. The zero-order chi connectivity index (χ0) is 12.4. The van der Waals surface area contributed by atoms with Crippen molar-refractivity contribution in [3.8, 4) is 0 Å². The van der Waals surface area contributed by atoms with Gasteiger partial charge in [0.25, 0.3) is 0 Å². The predicted molar refractivity (Wildman–Crippen MR) is 65.9 cm³/mol. The Morgan fingerprint density at radius 1 is 1.41 bits per heavy atom. The van der Waals surface area contributed by atoms with Crippen LogP contribution in [0.3, 0.4) is 0 Å². The number of para-hydroxylation sites is 2. The second kappa shape index (κ2) is 4.57. The molecule has 0 bridgehead atoms. The molecule has 17 heavy (non-hydrogen) atoms. The zero-order valence-electron chi connectivity index (χ0n) is 10.1. The average molecular weight is 232 g/mol. The number of nitrogens with zero attached hydrogens (tertiary/aromatic N) is 2. The van der Waals surface area contributed by atoms with Crippen LogP contribution in [0.2, 0.25) is 0 Å². The fraction of sp³-hybridized carbons (Fsp3) is 0.385. The van der Waals surface area contributed by atoms with Crippen LogP contribution in [0.1, 0.15) is 19.7 Å². The summed E-state index contributed by atoms with van der Waals surface area (Å²) in [5, 5.41) is 8.95. The van der Waals surface area contributed by atoms with Crippen molar-refractivity contribution in [3.63, 3.8) is 0 Å². The third-order valence-corrected chi connectivity index (χ3v) is 2.62. The summed E-state index contributed by atoms with van der Waals surface area (Å²) < 4.78 is 1.79. The van der Waals surface area contributed by atoms with Crippen LogP contribution in [0.4, 0.5) is 0 Å². The monoisotopic (exact) mass is 232 g/mol. The maximum Gasteiger partial charge on any atom is 0.323 e. The normalized spacial score (nSPS) is 11.2. The van der Waals surface area contributed by atoms with Crippen molar-refractivity contribution < 1.29 is 9.90 Å². The minimum atomic E-state index is -0.835. The molecule has 1 N–H and O–H groups in total. The summed E-state index contributed by atoms with van der Waals surface area (Å²) >= 11 is 0. The van der Waals surface area contributed by atoms with Crippen molar-refractivity contribution in [2.75, 3.05) is 0 Å². The zero-order valence-corrected chi connectivity index (χ0v) is 10.1. The number of rotatable bonds is 4. The van der Waals surface area contributed by atoms with E-state index < -0.39 is 5.97 Å². The number of carboxylic acids is 1. The van der Waals surface area contributed by atoms with Gasteiger partial charge in [-0.15, -0.1) is 0 Å². The Morgan fingerprint density at radius 3 is 2.76 bits per heavy atom. The molecule has 0 aliphatic carbocycles. The highest BCUT2D eigenvalue weighted by Crippen LogP contribution is 2.18. The van der Waals surface area contributed by atoms with Crippen LogP contribution in [-0.2, 0) is 17.8 Å². The van der Waals surface area contributed by atoms with Crippen LogP contribution in [-0.4, -0.2) is 20.6 Å². The second-order valence-electron chi connectivity index (χ2n) is 4.59. The Morgan fingerprint density at radius 2 is 2.12 bits per heavy atom. The van der Waals surface area contributed by atoms with Gasteiger partial charge in [0, 0.05) is 6.42 Å². The van der Waals surface area contributed by atoms with Crippen molar-refractivity contribution in [2.24, 2.45) is 5.92 Å². The molecular weight excluding hydrogens is 216 g/mol. The highest BCUT2D eigenvalue weighted by Gasteiger charge is 2.13. The molecule has 0 atom stereocenters. The van der Waals surface area contributed by atoms with Crippen LogP contribution >= 0.6 is 0 Å². The molecule has 0 unspecified atom stereocenters. The lowest BCUT2D eigenvalue weighted by molar-refractivity contribution is -0.137. The molecule has 0 aliphatic rings. The van der Waals surface area contributed by atoms with E-state index >= 15 is 0 Å². The summed E-state index contributed by atoms with van der Waals surface area (Å²) in [4.78, 5) is 15.4. The average Bonchev–Trinajstić information content (AvgIpc) is 2.55. The van der Waals surface area contributed by atoms with E-state index in [-0.39, 0.29) is 6.54 Å². The number of carboxylic acid groups (broad SMARTS) is 1. The van der Waals surface area contributed by atoms with Crippen LogP contribution < -0.4 is 0 Å². The molecule has 1 aromatic carbocycles. The topological polar surface area (TPSA) is 55.1 Å². The van der Waals surface area contributed by atoms with Gasteiger partial charge in [0.1, 0.15) is 12.4 Å². The first kappa shape index (κ1) is 11.6. The molecular formula is C13H16N2O2. The van der Waals surface area contributed by atoms with Crippen molar-refractivity contribution in [1.82, 2.24) is 9.55 Å². The molecule has 0 spiro atoms. The molecule has 0 saturated carbocycles. The summed E-state index contributed by atoms with van der Waals surface area (Å²) in [6.07, 6.45) is 0.794. The van der Waals surface area contributed by atoms with Crippen LogP contribution in [0.5, 0.6) is 0 Å². The van der Waals surface area contributed by atoms with Crippen molar-refractivity contribution in [1.29, 1.82) is 0 Å². The fourth-order valence-corrected chi connectivity index (χ4v) is 1.96. The van der Waals surface area contributed by atoms with Gasteiger partial charge in [0.15, 0.2) is 0 Å². The smallest absolute Gasteiger partial charge is 0.323 e. The third kappa shape index (κ3) is 2.46. The number of aliphatic carboxylic acids is 1. The van der Waals surface area contributed by atoms with Gasteiger partial charge in [0.05, 0.1) is 11.0 Å². The van der Waals surface area contributed by atoms with Gasteiger partial charge in [-0.3, -0.25) is 4.79 Å². The summed E-state index contributed by atoms with van der Waals surface area (Å²) in [6, 6.07) is 7.65. The van der Waals surface area contributed by atoms with E-state index in [0.717, 1.165) is 23.3 Å². The van der Waals surface area contributed by atoms with Gasteiger partial charge in [-0.1, -0.05) is 26.0 Å². The molecule has 4 nitrogen and oxygen atoms in total. The molecule has 4 heteroatoms. The number of carbonyl (C=O) groups is 1. The fourth-order valence-electron chi connectivity index (χ4n) is 1.96. The van der Waals surface area contributed by atoms with Gasteiger partial charge in [-0.2, -0.15) is 0 Å². The van der Waals surface area contributed by atoms with Crippen molar-refractivity contribution in [2.45, 2.75) is 26.8 Å². The van der Waals surface area contributed by atoms with Crippen LogP contribution in [0, 0.1) is 5.92 Å². The van der Waals surface area contributed by atoms with E-state index in [9.17, 15) is 4.79 Å². The minimum Gasteiger partial charge on any atom is -0.480 e. The van der Waals surface area contributed by atoms with E-state index in [0.29, 0.717) is 5.92 Å². The van der Waals surface area contributed by atoms with E-state index in [1.807, 2.05) is 24.3 Å². The first-order valence-electron chi connectivity index (χ1n) is 5.74. The second-order valence-corrected chi connectivity index (χ2v) is 4.59. The molecule has 1 aromatic heterocycles. The van der Waals surface area contributed by atoms with Crippen LogP contribution in [0.25, 0.3) is 11.0 Å². The first-order chi connectivity index (χ1) is 8.08. The molecule has 90 valence electrons. The third-order valence-electron chi connectivity index (χ3n) is 2.62. The number of aromatic nitrogens is 2. The minimum absolute atomic E-state index is 0.0252. The Bertz CT molecular complexity index is 543. The van der Waals surface area contributed by atoms with Gasteiger partial charge in [0.2, 0.25) is 0 Å². The number of hydrogen-bond acceptors (Lipinski definition) is 2. The lowest BCUT2D eigenvalue weighted by Crippen LogP contribution is -2.13. The number of benzene rings is 1. The van der Waals surface area contributed by atoms with Gasteiger partial charge < -0.3 is 9.67 Å². The maximum absolute atomic E-state index is 10.9. The van der Waals surface area contributed by atoms with E-state index in [2.05, 4.69) is 18.8 Å². The van der Waals surface area contributed by atoms with Gasteiger partial charge in [-0.05, 0) is 18.1 Å². The summed E-state index contributed by atoms with van der Waals surface area (Å²) in [7, 11) is 0.